The van der Waals surface area contributed by atoms with Gasteiger partial charge >= 0.3 is 0 Å². The van der Waals surface area contributed by atoms with Crippen LogP contribution < -0.4 is 16.0 Å². The van der Waals surface area contributed by atoms with E-state index in [0.717, 1.165) is 18.3 Å². The van der Waals surface area contributed by atoms with Crippen LogP contribution in [0.2, 0.25) is 0 Å². The van der Waals surface area contributed by atoms with E-state index in [-0.39, 0.29) is 35.6 Å². The van der Waals surface area contributed by atoms with E-state index in [1.54, 1.807) is 0 Å². The number of nitrogens with one attached hydrogen (secondary N) is 3. The molecule has 0 aromatic heterocycles. The van der Waals surface area contributed by atoms with E-state index in [4.69, 9.17) is 0 Å². The minimum atomic E-state index is -0.365. The van der Waals surface area contributed by atoms with Gasteiger partial charge in [-0.25, -0.2) is 0 Å². The SMILES string of the molecule is CCN[C@H](C)CNC(=O)[C@@H]1CSC(=O)N1.Cl. The molecule has 1 heterocycles. The molecule has 0 aromatic carbocycles. The van der Waals surface area contributed by atoms with Gasteiger partial charge in [-0.05, 0) is 13.5 Å². The van der Waals surface area contributed by atoms with Crippen LogP contribution >= 0.6 is 24.2 Å². The van der Waals surface area contributed by atoms with Gasteiger partial charge in [-0.15, -0.1) is 12.4 Å². The van der Waals surface area contributed by atoms with Gasteiger partial charge < -0.3 is 16.0 Å². The van der Waals surface area contributed by atoms with Crippen molar-refractivity contribution in [3.05, 3.63) is 0 Å². The molecule has 0 saturated carbocycles. The molecule has 0 spiro atoms. The number of likely N-dealkylation sites (N-methyl/N-ethyl adjacent to an activating group) is 1. The lowest BCUT2D eigenvalue weighted by molar-refractivity contribution is -0.122. The van der Waals surface area contributed by atoms with Crippen LogP contribution in [-0.2, 0) is 4.79 Å². The van der Waals surface area contributed by atoms with Crippen LogP contribution in [0.1, 0.15) is 13.8 Å². The molecule has 94 valence electrons. The van der Waals surface area contributed by atoms with Crippen LogP contribution in [-0.4, -0.2) is 42.1 Å². The molecule has 0 unspecified atom stereocenters. The van der Waals surface area contributed by atoms with E-state index in [1.165, 1.54) is 0 Å². The zero-order valence-corrected chi connectivity index (χ0v) is 11.0. The molecule has 0 aliphatic carbocycles. The molecule has 7 heteroatoms. The number of halogens is 1. The number of amides is 2. The van der Waals surface area contributed by atoms with E-state index in [9.17, 15) is 9.59 Å². The number of hydrogen-bond donors (Lipinski definition) is 3. The Balaban J connectivity index is 0.00000225. The van der Waals surface area contributed by atoms with Crippen molar-refractivity contribution in [2.45, 2.75) is 25.9 Å². The minimum absolute atomic E-state index is 0. The second-order valence-electron chi connectivity index (χ2n) is 3.50. The summed E-state index contributed by atoms with van der Waals surface area (Å²) in [5.74, 6) is 0.429. The first-order valence-electron chi connectivity index (χ1n) is 5.08. The van der Waals surface area contributed by atoms with E-state index in [2.05, 4.69) is 16.0 Å². The standard InChI is InChI=1S/C9H17N3O2S.ClH/c1-3-10-6(2)4-11-8(13)7-5-15-9(14)12-7;/h6-7,10H,3-5H2,1-2H3,(H,11,13)(H,12,14);1H/t6-,7+;/m1./s1. The number of thioether (sulfide) groups is 1. The van der Waals surface area contributed by atoms with Crippen molar-refractivity contribution >= 4 is 35.3 Å². The van der Waals surface area contributed by atoms with Crippen LogP contribution in [0, 0.1) is 0 Å². The topological polar surface area (TPSA) is 70.2 Å². The maximum absolute atomic E-state index is 11.5. The molecule has 16 heavy (non-hydrogen) atoms. The molecule has 0 bridgehead atoms. The highest BCUT2D eigenvalue weighted by atomic mass is 35.5. The summed E-state index contributed by atoms with van der Waals surface area (Å²) in [4.78, 5) is 22.4. The van der Waals surface area contributed by atoms with Crippen LogP contribution in [0.25, 0.3) is 0 Å². The molecule has 2 atom stereocenters. The predicted octanol–water partition coefficient (Wildman–Crippen LogP) is 0.347. The molecule has 0 aromatic rings. The third-order valence-electron chi connectivity index (χ3n) is 2.12. The molecule has 0 radical (unpaired) electrons. The van der Waals surface area contributed by atoms with Gasteiger partial charge in [0.25, 0.3) is 5.24 Å². The smallest absolute Gasteiger partial charge is 0.279 e. The second kappa shape index (κ2) is 7.76. The van der Waals surface area contributed by atoms with Gasteiger partial charge in [0.1, 0.15) is 6.04 Å². The monoisotopic (exact) mass is 267 g/mol. The summed E-state index contributed by atoms with van der Waals surface area (Å²) < 4.78 is 0. The normalized spacial score (nSPS) is 20.9. The summed E-state index contributed by atoms with van der Waals surface area (Å²) in [6, 6.07) is -0.111. The van der Waals surface area contributed by atoms with Crippen molar-refractivity contribution in [2.75, 3.05) is 18.8 Å². The number of rotatable bonds is 5. The van der Waals surface area contributed by atoms with E-state index >= 15 is 0 Å². The van der Waals surface area contributed by atoms with Crippen molar-refractivity contribution in [1.29, 1.82) is 0 Å². The third kappa shape index (κ3) is 5.05. The van der Waals surface area contributed by atoms with Gasteiger partial charge in [-0.1, -0.05) is 18.7 Å². The zero-order chi connectivity index (χ0) is 11.3. The Kier molecular flexibility index (Phi) is 7.53. The quantitative estimate of drug-likeness (QED) is 0.672. The highest BCUT2D eigenvalue weighted by Gasteiger charge is 2.27. The summed E-state index contributed by atoms with van der Waals surface area (Å²) >= 11 is 1.15. The van der Waals surface area contributed by atoms with Gasteiger partial charge in [-0.2, -0.15) is 0 Å². The molecule has 2 amide bonds. The Hall–Kier alpha value is -0.460. The van der Waals surface area contributed by atoms with Gasteiger partial charge in [-0.3, -0.25) is 9.59 Å². The maximum atomic E-state index is 11.5. The van der Waals surface area contributed by atoms with Crippen molar-refractivity contribution in [3.8, 4) is 0 Å². The first kappa shape index (κ1) is 15.5. The molecule has 1 rings (SSSR count). The molecule has 1 saturated heterocycles. The molecular formula is C9H18ClN3O2S. The summed E-state index contributed by atoms with van der Waals surface area (Å²) in [6.45, 7) is 5.49. The fraction of sp³-hybridized carbons (Fsp3) is 0.778. The molecule has 1 fully saturated rings. The Morgan fingerprint density at radius 1 is 1.69 bits per heavy atom. The van der Waals surface area contributed by atoms with Crippen LogP contribution in [0.15, 0.2) is 0 Å². The third-order valence-corrected chi connectivity index (χ3v) is 3.00. The number of carbonyl (C=O) groups excluding carboxylic acids is 2. The highest BCUT2D eigenvalue weighted by Crippen LogP contribution is 2.12. The van der Waals surface area contributed by atoms with Gasteiger partial charge in [0.2, 0.25) is 5.91 Å². The average Bonchev–Trinajstić information content (AvgIpc) is 2.62. The van der Waals surface area contributed by atoms with Crippen LogP contribution in [0.3, 0.4) is 0 Å². The van der Waals surface area contributed by atoms with E-state index < -0.39 is 0 Å². The summed E-state index contributed by atoms with van der Waals surface area (Å²) in [5.41, 5.74) is 0. The van der Waals surface area contributed by atoms with E-state index in [0.29, 0.717) is 12.3 Å². The van der Waals surface area contributed by atoms with Gasteiger partial charge in [0, 0.05) is 18.3 Å². The lowest BCUT2D eigenvalue weighted by Gasteiger charge is -2.15. The van der Waals surface area contributed by atoms with Crippen molar-refractivity contribution in [2.24, 2.45) is 0 Å². The zero-order valence-electron chi connectivity index (χ0n) is 9.41. The van der Waals surface area contributed by atoms with Gasteiger partial charge in [0.05, 0.1) is 0 Å². The molecule has 1 aliphatic heterocycles. The largest absolute Gasteiger partial charge is 0.353 e. The Bertz CT molecular complexity index is 253. The van der Waals surface area contributed by atoms with Crippen molar-refractivity contribution in [3.63, 3.8) is 0 Å². The highest BCUT2D eigenvalue weighted by molar-refractivity contribution is 8.14. The van der Waals surface area contributed by atoms with Crippen LogP contribution in [0.5, 0.6) is 0 Å². The summed E-state index contributed by atoms with van der Waals surface area (Å²) in [6.07, 6.45) is 0. The second-order valence-corrected chi connectivity index (χ2v) is 4.49. The average molecular weight is 268 g/mol. The lowest BCUT2D eigenvalue weighted by atomic mass is 10.3. The summed E-state index contributed by atoms with van der Waals surface area (Å²) in [5, 5.41) is 8.48. The first-order valence-corrected chi connectivity index (χ1v) is 6.06. The Morgan fingerprint density at radius 3 is 2.88 bits per heavy atom. The predicted molar refractivity (Wildman–Crippen MR) is 68.2 cm³/mol. The van der Waals surface area contributed by atoms with Crippen molar-refractivity contribution in [1.82, 2.24) is 16.0 Å². The van der Waals surface area contributed by atoms with Crippen molar-refractivity contribution < 1.29 is 9.59 Å². The number of hydrogen-bond acceptors (Lipinski definition) is 4. The maximum Gasteiger partial charge on any atom is 0.279 e. The van der Waals surface area contributed by atoms with Gasteiger partial charge in [0.15, 0.2) is 0 Å². The fourth-order valence-corrected chi connectivity index (χ4v) is 2.10. The molecular weight excluding hydrogens is 250 g/mol. The number of carbonyl (C=O) groups is 2. The summed E-state index contributed by atoms with van der Waals surface area (Å²) in [7, 11) is 0. The fourth-order valence-electron chi connectivity index (χ4n) is 1.32. The Morgan fingerprint density at radius 2 is 2.38 bits per heavy atom. The van der Waals surface area contributed by atoms with Crippen LogP contribution in [0.4, 0.5) is 4.79 Å². The Labute approximate surface area is 106 Å². The minimum Gasteiger partial charge on any atom is -0.353 e. The lowest BCUT2D eigenvalue weighted by Crippen LogP contribution is -2.47. The molecule has 5 nitrogen and oxygen atoms in total. The van der Waals surface area contributed by atoms with E-state index in [1.807, 2.05) is 13.8 Å². The molecule has 1 aliphatic rings. The first-order chi connectivity index (χ1) is 7.13. The molecule has 3 N–H and O–H groups in total.